The number of ether oxygens (including phenoxy) is 1. The molecule has 0 saturated carbocycles. The Morgan fingerprint density at radius 1 is 1.21 bits per heavy atom. The van der Waals surface area contributed by atoms with Gasteiger partial charge in [-0.2, -0.15) is 0 Å². The number of nitrogens with zero attached hydrogens (tertiary/aromatic N) is 1. The second-order valence-electron chi connectivity index (χ2n) is 4.57. The van der Waals surface area contributed by atoms with Gasteiger partial charge in [0.15, 0.2) is 0 Å². The molecule has 0 unspecified atom stereocenters. The molecule has 1 aromatic carbocycles. The smallest absolute Gasteiger partial charge is 0.134 e. The van der Waals surface area contributed by atoms with Gasteiger partial charge in [0, 0.05) is 35.6 Å². The highest BCUT2D eigenvalue weighted by Crippen LogP contribution is 2.25. The predicted molar refractivity (Wildman–Crippen MR) is 77.7 cm³/mol. The van der Waals surface area contributed by atoms with Gasteiger partial charge in [-0.05, 0) is 30.3 Å². The lowest BCUT2D eigenvalue weighted by Crippen LogP contribution is -2.22. The number of nitrogens with one attached hydrogen (secondary N) is 1. The zero-order valence-corrected chi connectivity index (χ0v) is 11.8. The third kappa shape index (κ3) is 4.23. The van der Waals surface area contributed by atoms with Gasteiger partial charge in [-0.1, -0.05) is 25.4 Å². The maximum Gasteiger partial charge on any atom is 0.134 e. The molecule has 0 radical (unpaired) electrons. The molecule has 0 bridgehead atoms. The lowest BCUT2D eigenvalue weighted by atomic mass is 10.2. The molecule has 0 fully saturated rings. The average molecular weight is 277 g/mol. The lowest BCUT2D eigenvalue weighted by molar-refractivity contribution is 0.468. The van der Waals surface area contributed by atoms with E-state index in [0.717, 1.165) is 23.6 Å². The minimum absolute atomic E-state index is 0.420. The van der Waals surface area contributed by atoms with Crippen LogP contribution in [0, 0.1) is 0 Å². The van der Waals surface area contributed by atoms with Gasteiger partial charge in [0.25, 0.3) is 0 Å². The monoisotopic (exact) mass is 276 g/mol. The topological polar surface area (TPSA) is 34.2 Å². The van der Waals surface area contributed by atoms with E-state index >= 15 is 0 Å². The first-order valence-electron chi connectivity index (χ1n) is 6.25. The second-order valence-corrected chi connectivity index (χ2v) is 5.01. The molecule has 2 rings (SSSR count). The normalized spacial score (nSPS) is 10.7. The second kappa shape index (κ2) is 6.55. The Morgan fingerprint density at radius 2 is 1.95 bits per heavy atom. The number of hydrogen-bond acceptors (Lipinski definition) is 3. The van der Waals surface area contributed by atoms with Gasteiger partial charge >= 0.3 is 0 Å². The summed E-state index contributed by atoms with van der Waals surface area (Å²) in [6.07, 6.45) is 3.55. The first-order chi connectivity index (χ1) is 9.15. The lowest BCUT2D eigenvalue weighted by Gasteiger charge is -2.13. The average Bonchev–Trinajstić information content (AvgIpc) is 2.40. The summed E-state index contributed by atoms with van der Waals surface area (Å²) in [4.78, 5) is 4.14. The van der Waals surface area contributed by atoms with Gasteiger partial charge in [0.1, 0.15) is 11.5 Å². The van der Waals surface area contributed by atoms with Crippen molar-refractivity contribution in [3.8, 4) is 11.5 Å². The summed E-state index contributed by atoms with van der Waals surface area (Å²) < 4.78 is 5.86. The Bertz CT molecular complexity index is 526. The van der Waals surface area contributed by atoms with E-state index in [2.05, 4.69) is 24.1 Å². The van der Waals surface area contributed by atoms with E-state index in [1.165, 1.54) is 0 Å². The van der Waals surface area contributed by atoms with Crippen molar-refractivity contribution in [1.29, 1.82) is 0 Å². The van der Waals surface area contributed by atoms with Crippen LogP contribution in [0.25, 0.3) is 0 Å². The van der Waals surface area contributed by atoms with Gasteiger partial charge in [-0.3, -0.25) is 4.98 Å². The molecule has 0 aliphatic rings. The number of hydrogen-bond donors (Lipinski definition) is 1. The fourth-order valence-corrected chi connectivity index (χ4v) is 1.72. The summed E-state index contributed by atoms with van der Waals surface area (Å²) in [6, 6.07) is 9.61. The van der Waals surface area contributed by atoms with Crippen LogP contribution < -0.4 is 10.1 Å². The van der Waals surface area contributed by atoms with Crippen LogP contribution in [0.1, 0.15) is 19.4 Å². The van der Waals surface area contributed by atoms with Gasteiger partial charge in [0.2, 0.25) is 0 Å². The van der Waals surface area contributed by atoms with Crippen LogP contribution in [0.15, 0.2) is 42.7 Å². The Labute approximate surface area is 118 Å². The molecule has 4 heteroatoms. The first-order valence-corrected chi connectivity index (χ1v) is 6.62. The Kier molecular flexibility index (Phi) is 4.77. The third-order valence-electron chi connectivity index (χ3n) is 2.60. The van der Waals surface area contributed by atoms with Crippen molar-refractivity contribution < 1.29 is 4.74 Å². The molecule has 0 saturated heterocycles. The van der Waals surface area contributed by atoms with Crippen LogP contribution in [0.5, 0.6) is 11.5 Å². The van der Waals surface area contributed by atoms with E-state index in [1.54, 1.807) is 6.20 Å². The van der Waals surface area contributed by atoms with Gasteiger partial charge < -0.3 is 10.1 Å². The van der Waals surface area contributed by atoms with Crippen LogP contribution >= 0.6 is 11.6 Å². The highest BCUT2D eigenvalue weighted by Gasteiger charge is 2.05. The van der Waals surface area contributed by atoms with Crippen LogP contribution in [0.2, 0.25) is 5.02 Å². The first kappa shape index (κ1) is 13.8. The molecule has 19 heavy (non-hydrogen) atoms. The third-order valence-corrected chi connectivity index (χ3v) is 2.85. The van der Waals surface area contributed by atoms with Crippen molar-refractivity contribution in [3.63, 3.8) is 0 Å². The molecular weight excluding hydrogens is 260 g/mol. The van der Waals surface area contributed by atoms with Crippen molar-refractivity contribution in [2.24, 2.45) is 0 Å². The quantitative estimate of drug-likeness (QED) is 0.895. The Morgan fingerprint density at radius 3 is 2.63 bits per heavy atom. The number of aromatic nitrogens is 1. The minimum atomic E-state index is 0.420. The van der Waals surface area contributed by atoms with Crippen molar-refractivity contribution in [2.45, 2.75) is 26.4 Å². The number of halogens is 1. The molecule has 0 spiro atoms. The molecule has 2 aromatic rings. The molecule has 100 valence electrons. The summed E-state index contributed by atoms with van der Waals surface area (Å²) in [5.74, 6) is 1.58. The number of rotatable bonds is 5. The van der Waals surface area contributed by atoms with Crippen LogP contribution in [0.4, 0.5) is 0 Å². The summed E-state index contributed by atoms with van der Waals surface area (Å²) in [5, 5.41) is 4.05. The largest absolute Gasteiger partial charge is 0.457 e. The summed E-state index contributed by atoms with van der Waals surface area (Å²) in [7, 11) is 0. The van der Waals surface area contributed by atoms with Gasteiger partial charge in [-0.15, -0.1) is 0 Å². The van der Waals surface area contributed by atoms with Gasteiger partial charge in [0.05, 0.1) is 0 Å². The van der Waals surface area contributed by atoms with E-state index in [-0.39, 0.29) is 0 Å². The summed E-state index contributed by atoms with van der Waals surface area (Å²) >= 11 is 5.85. The van der Waals surface area contributed by atoms with E-state index in [1.807, 2.05) is 36.5 Å². The Hall–Kier alpha value is -1.58. The molecule has 1 aromatic heterocycles. The van der Waals surface area contributed by atoms with Crippen molar-refractivity contribution in [2.75, 3.05) is 0 Å². The molecule has 0 atom stereocenters. The fraction of sp³-hybridized carbons (Fsp3) is 0.267. The van der Waals surface area contributed by atoms with Gasteiger partial charge in [-0.25, -0.2) is 0 Å². The molecule has 1 N–H and O–H groups in total. The number of pyridine rings is 1. The summed E-state index contributed by atoms with van der Waals surface area (Å²) in [6.45, 7) is 4.95. The van der Waals surface area contributed by atoms with E-state index in [4.69, 9.17) is 16.3 Å². The Balaban J connectivity index is 2.13. The SMILES string of the molecule is CC(C)NCc1cnccc1Oc1ccc(Cl)cc1. The molecule has 0 aliphatic heterocycles. The predicted octanol–water partition coefficient (Wildman–Crippen LogP) is 4.03. The van der Waals surface area contributed by atoms with Crippen molar-refractivity contribution >= 4 is 11.6 Å². The standard InChI is InChI=1S/C15H17ClN2O/c1-11(2)18-10-12-9-17-8-7-15(12)19-14-5-3-13(16)4-6-14/h3-9,11,18H,10H2,1-2H3. The highest BCUT2D eigenvalue weighted by molar-refractivity contribution is 6.30. The molecule has 0 amide bonds. The minimum Gasteiger partial charge on any atom is -0.457 e. The maximum atomic E-state index is 5.86. The van der Waals surface area contributed by atoms with E-state index in [0.29, 0.717) is 11.1 Å². The maximum absolute atomic E-state index is 5.86. The molecular formula is C15H17ClN2O. The molecule has 1 heterocycles. The number of benzene rings is 1. The van der Waals surface area contributed by atoms with E-state index < -0.39 is 0 Å². The van der Waals surface area contributed by atoms with Crippen molar-refractivity contribution in [1.82, 2.24) is 10.3 Å². The van der Waals surface area contributed by atoms with E-state index in [9.17, 15) is 0 Å². The summed E-state index contributed by atoms with van der Waals surface area (Å²) in [5.41, 5.74) is 1.03. The fourth-order valence-electron chi connectivity index (χ4n) is 1.59. The zero-order chi connectivity index (χ0) is 13.7. The highest BCUT2D eigenvalue weighted by atomic mass is 35.5. The van der Waals surface area contributed by atoms with Crippen LogP contribution in [0.3, 0.4) is 0 Å². The van der Waals surface area contributed by atoms with Crippen molar-refractivity contribution in [3.05, 3.63) is 53.3 Å². The van der Waals surface area contributed by atoms with Crippen LogP contribution in [-0.4, -0.2) is 11.0 Å². The zero-order valence-electron chi connectivity index (χ0n) is 11.1. The molecule has 3 nitrogen and oxygen atoms in total. The van der Waals surface area contributed by atoms with Crippen LogP contribution in [-0.2, 0) is 6.54 Å². The molecule has 0 aliphatic carbocycles.